The maximum Gasteiger partial charge on any atom is 0.673 e. The molecule has 110 valence electrons. The van der Waals surface area contributed by atoms with Crippen LogP contribution in [0.5, 0.6) is 0 Å². The second kappa shape index (κ2) is 10.1. The van der Waals surface area contributed by atoms with Gasteiger partial charge < -0.3 is 27.5 Å². The van der Waals surface area contributed by atoms with Gasteiger partial charge in [0.25, 0.3) is 0 Å². The summed E-state index contributed by atoms with van der Waals surface area (Å²) in [6.45, 7) is 0.436. The quantitative estimate of drug-likeness (QED) is 0.480. The van der Waals surface area contributed by atoms with Crippen molar-refractivity contribution in [3.63, 3.8) is 0 Å². The van der Waals surface area contributed by atoms with Gasteiger partial charge in [-0.05, 0) is 10.9 Å². The second-order valence-corrected chi connectivity index (χ2v) is 5.92. The van der Waals surface area contributed by atoms with Crippen molar-refractivity contribution in [3.8, 4) is 0 Å². The zero-order valence-corrected chi connectivity index (χ0v) is 11.1. The summed E-state index contributed by atoms with van der Waals surface area (Å²) in [7, 11) is -5.88. The fourth-order valence-corrected chi connectivity index (χ4v) is 2.99. The second-order valence-electron chi connectivity index (χ2n) is 3.59. The van der Waals surface area contributed by atoms with Crippen LogP contribution in [0.15, 0.2) is 30.3 Å². The Kier molecular flexibility index (Phi) is 9.72. The molecule has 2 nitrogen and oxygen atoms in total. The molecule has 0 heterocycles. The molecular weight excluding hydrogens is 283 g/mol. The maximum absolute atomic E-state index is 9.75. The van der Waals surface area contributed by atoms with Crippen LogP contribution in [-0.2, 0) is 16.6 Å². The van der Waals surface area contributed by atoms with Crippen molar-refractivity contribution in [1.82, 2.24) is 0 Å². The standard InChI is InChI=1S/C11H17O2S.BF4/c12-6-8-14(9-7-13)10-11-4-2-1-3-5-11;2-1(3,4)5/h1-5,12-13H,6-10H2;/q+1;-1. The topological polar surface area (TPSA) is 40.5 Å². The predicted molar refractivity (Wildman–Crippen MR) is 71.6 cm³/mol. The van der Waals surface area contributed by atoms with Gasteiger partial charge in [-0.1, -0.05) is 30.3 Å². The number of hydrogen-bond acceptors (Lipinski definition) is 2. The number of aliphatic hydroxyl groups excluding tert-OH is 2. The summed E-state index contributed by atoms with van der Waals surface area (Å²) >= 11 is 0. The normalized spacial score (nSPS) is 11.1. The Morgan fingerprint density at radius 3 is 1.68 bits per heavy atom. The predicted octanol–water partition coefficient (Wildman–Crippen LogP) is 2.09. The van der Waals surface area contributed by atoms with E-state index >= 15 is 0 Å². The summed E-state index contributed by atoms with van der Waals surface area (Å²) < 4.78 is 39.0. The Bertz CT molecular complexity index is 312. The molecule has 0 aliphatic carbocycles. The smallest absolute Gasteiger partial charge is 0.418 e. The molecule has 19 heavy (non-hydrogen) atoms. The monoisotopic (exact) mass is 300 g/mol. The highest BCUT2D eigenvalue weighted by Gasteiger charge is 2.20. The zero-order valence-electron chi connectivity index (χ0n) is 10.3. The van der Waals surface area contributed by atoms with Gasteiger partial charge >= 0.3 is 7.25 Å². The first-order valence-electron chi connectivity index (χ1n) is 5.64. The highest BCUT2D eigenvalue weighted by atomic mass is 32.2. The van der Waals surface area contributed by atoms with E-state index in [4.69, 9.17) is 10.2 Å². The molecule has 0 aliphatic heterocycles. The molecule has 1 aromatic carbocycles. The van der Waals surface area contributed by atoms with Gasteiger partial charge in [0.1, 0.15) is 17.3 Å². The molecular formula is C11H17BF4O2S. The molecule has 2 N–H and O–H groups in total. The number of benzene rings is 1. The maximum atomic E-state index is 9.75. The highest BCUT2D eigenvalue weighted by molar-refractivity contribution is 7.96. The van der Waals surface area contributed by atoms with Crippen molar-refractivity contribution in [2.24, 2.45) is 0 Å². The van der Waals surface area contributed by atoms with E-state index in [1.54, 1.807) is 0 Å². The van der Waals surface area contributed by atoms with Crippen LogP contribution in [0.3, 0.4) is 0 Å². The van der Waals surface area contributed by atoms with E-state index in [0.29, 0.717) is 0 Å². The van der Waals surface area contributed by atoms with E-state index in [-0.39, 0.29) is 24.1 Å². The zero-order chi connectivity index (χ0) is 14.7. The minimum atomic E-state index is -6.00. The van der Waals surface area contributed by atoms with Crippen molar-refractivity contribution in [1.29, 1.82) is 0 Å². The molecule has 0 fully saturated rings. The fraction of sp³-hybridized carbons (Fsp3) is 0.455. The SMILES string of the molecule is F[B-](F)(F)F.OCC[S+](CCO)Cc1ccccc1. The molecule has 0 bridgehead atoms. The molecule has 0 aromatic heterocycles. The number of halogens is 4. The van der Waals surface area contributed by atoms with E-state index in [1.165, 1.54) is 5.56 Å². The van der Waals surface area contributed by atoms with Crippen LogP contribution in [-0.4, -0.2) is 42.2 Å². The largest absolute Gasteiger partial charge is 0.673 e. The summed E-state index contributed by atoms with van der Waals surface area (Å²) in [5.74, 6) is 2.58. The average Bonchev–Trinajstić information content (AvgIpc) is 2.29. The van der Waals surface area contributed by atoms with Crippen LogP contribution in [0.4, 0.5) is 17.3 Å². The summed E-state index contributed by atoms with van der Waals surface area (Å²) in [6, 6.07) is 10.2. The molecule has 0 saturated carbocycles. The summed E-state index contributed by atoms with van der Waals surface area (Å²) in [5.41, 5.74) is 1.29. The van der Waals surface area contributed by atoms with Crippen molar-refractivity contribution in [3.05, 3.63) is 35.9 Å². The van der Waals surface area contributed by atoms with E-state index < -0.39 is 7.25 Å². The Hall–Kier alpha value is -0.725. The van der Waals surface area contributed by atoms with E-state index in [1.807, 2.05) is 18.2 Å². The van der Waals surface area contributed by atoms with Crippen molar-refractivity contribution in [2.45, 2.75) is 5.75 Å². The van der Waals surface area contributed by atoms with Gasteiger partial charge in [-0.2, -0.15) is 0 Å². The first kappa shape index (κ1) is 18.3. The molecule has 0 unspecified atom stereocenters. The molecule has 0 atom stereocenters. The Labute approximate surface area is 112 Å². The van der Waals surface area contributed by atoms with Gasteiger partial charge in [-0.3, -0.25) is 0 Å². The minimum absolute atomic E-state index is 0.125. The van der Waals surface area contributed by atoms with Crippen LogP contribution < -0.4 is 0 Å². The lowest BCUT2D eigenvalue weighted by Gasteiger charge is -2.05. The lowest BCUT2D eigenvalue weighted by atomic mass is 10.2. The number of rotatable bonds is 6. The van der Waals surface area contributed by atoms with Gasteiger partial charge in [0.15, 0.2) is 0 Å². The van der Waals surface area contributed by atoms with Crippen LogP contribution in [0.25, 0.3) is 0 Å². The van der Waals surface area contributed by atoms with Crippen LogP contribution in [0.1, 0.15) is 5.56 Å². The summed E-state index contributed by atoms with van der Waals surface area (Å²) in [5, 5.41) is 17.7. The summed E-state index contributed by atoms with van der Waals surface area (Å²) in [4.78, 5) is 0. The van der Waals surface area contributed by atoms with Crippen molar-refractivity contribution in [2.75, 3.05) is 24.7 Å². The Morgan fingerprint density at radius 2 is 1.32 bits per heavy atom. The third-order valence-electron chi connectivity index (χ3n) is 1.97. The molecule has 8 heteroatoms. The molecule has 1 aromatic rings. The Balaban J connectivity index is 0.000000555. The van der Waals surface area contributed by atoms with Crippen molar-refractivity contribution >= 4 is 18.1 Å². The van der Waals surface area contributed by atoms with Gasteiger partial charge in [0.2, 0.25) is 0 Å². The third-order valence-corrected chi connectivity index (χ3v) is 4.23. The average molecular weight is 300 g/mol. The van der Waals surface area contributed by atoms with Gasteiger partial charge in [0.05, 0.1) is 13.2 Å². The van der Waals surface area contributed by atoms with Gasteiger partial charge in [-0.15, -0.1) is 0 Å². The Morgan fingerprint density at radius 1 is 0.895 bits per heavy atom. The first-order valence-corrected chi connectivity index (χ1v) is 7.37. The lowest BCUT2D eigenvalue weighted by Crippen LogP contribution is -2.19. The fourth-order valence-electron chi connectivity index (χ4n) is 1.31. The number of hydrogen-bond donors (Lipinski definition) is 2. The van der Waals surface area contributed by atoms with Crippen LogP contribution in [0.2, 0.25) is 0 Å². The van der Waals surface area contributed by atoms with E-state index in [2.05, 4.69) is 12.1 Å². The molecule has 0 spiro atoms. The van der Waals surface area contributed by atoms with Crippen molar-refractivity contribution < 1.29 is 27.5 Å². The highest BCUT2D eigenvalue weighted by Crippen LogP contribution is 2.08. The van der Waals surface area contributed by atoms with Gasteiger partial charge in [0, 0.05) is 5.56 Å². The molecule has 0 amide bonds. The summed E-state index contributed by atoms with van der Waals surface area (Å²) in [6.07, 6.45) is 0. The number of aliphatic hydroxyl groups is 2. The molecule has 0 aliphatic rings. The van der Waals surface area contributed by atoms with Gasteiger partial charge in [-0.25, -0.2) is 0 Å². The lowest BCUT2D eigenvalue weighted by molar-refractivity contribution is 0.316. The van der Waals surface area contributed by atoms with Crippen LogP contribution in [0, 0.1) is 0 Å². The molecule has 1 rings (SSSR count). The third kappa shape index (κ3) is 13.5. The molecule has 0 saturated heterocycles. The van der Waals surface area contributed by atoms with E-state index in [0.717, 1.165) is 17.3 Å². The van der Waals surface area contributed by atoms with E-state index in [9.17, 15) is 17.3 Å². The minimum Gasteiger partial charge on any atom is -0.418 e. The first-order chi connectivity index (χ1) is 8.86. The van der Waals surface area contributed by atoms with Crippen LogP contribution >= 0.6 is 0 Å². The molecule has 0 radical (unpaired) electrons.